The number of nitrogens with zero attached hydrogens (tertiary/aromatic N) is 1. The highest BCUT2D eigenvalue weighted by atomic mass is 35.5. The molecular formula is C24H27Cl2FN2O3. The Morgan fingerprint density at radius 2 is 1.69 bits per heavy atom. The molecule has 1 atom stereocenters. The number of benzene rings is 2. The van der Waals surface area contributed by atoms with E-state index in [2.05, 4.69) is 10.2 Å². The van der Waals surface area contributed by atoms with Crippen molar-refractivity contribution in [2.24, 2.45) is 0 Å². The van der Waals surface area contributed by atoms with Gasteiger partial charge in [0.05, 0.1) is 24.7 Å². The van der Waals surface area contributed by atoms with Crippen molar-refractivity contribution in [1.29, 1.82) is 0 Å². The second-order valence-corrected chi connectivity index (χ2v) is 9.09. The van der Waals surface area contributed by atoms with Gasteiger partial charge in [0.1, 0.15) is 5.82 Å². The Kier molecular flexibility index (Phi) is 7.69. The molecule has 1 unspecified atom stereocenters. The minimum absolute atomic E-state index is 0.0783. The van der Waals surface area contributed by atoms with Crippen LogP contribution in [0.5, 0.6) is 0 Å². The minimum Gasteiger partial charge on any atom is -0.381 e. The molecule has 2 aromatic rings. The molecule has 0 radical (unpaired) electrons. The molecule has 2 aromatic carbocycles. The van der Waals surface area contributed by atoms with Gasteiger partial charge in [-0.2, -0.15) is 0 Å². The lowest BCUT2D eigenvalue weighted by molar-refractivity contribution is -0.130. The molecule has 2 saturated heterocycles. The smallest absolute Gasteiger partial charge is 0.230 e. The molecule has 32 heavy (non-hydrogen) atoms. The van der Waals surface area contributed by atoms with Crippen LogP contribution in [-0.4, -0.2) is 56.9 Å². The number of nitrogens with one attached hydrogen (secondary N) is 1. The summed E-state index contributed by atoms with van der Waals surface area (Å²) in [6, 6.07) is 11.7. The first kappa shape index (κ1) is 23.5. The normalized spacial score (nSPS) is 20.0. The quantitative estimate of drug-likeness (QED) is 0.666. The number of halogens is 3. The fraction of sp³-hybridized carbons (Fsp3) is 0.458. The maximum Gasteiger partial charge on any atom is 0.230 e. The first-order valence-electron chi connectivity index (χ1n) is 10.9. The molecule has 2 fully saturated rings. The van der Waals surface area contributed by atoms with Gasteiger partial charge in [-0.15, -0.1) is 0 Å². The van der Waals surface area contributed by atoms with Crippen molar-refractivity contribution in [1.82, 2.24) is 10.2 Å². The Hall–Kier alpha value is -1.70. The van der Waals surface area contributed by atoms with E-state index in [1.165, 1.54) is 12.1 Å². The Bertz CT molecular complexity index is 929. The average molecular weight is 481 g/mol. The molecule has 0 bridgehead atoms. The van der Waals surface area contributed by atoms with E-state index >= 15 is 0 Å². The zero-order valence-corrected chi connectivity index (χ0v) is 19.3. The molecule has 1 amide bonds. The fourth-order valence-electron chi connectivity index (χ4n) is 4.61. The molecule has 2 aliphatic heterocycles. The molecule has 0 aromatic heterocycles. The zero-order chi connectivity index (χ0) is 22.6. The summed E-state index contributed by atoms with van der Waals surface area (Å²) in [5.41, 5.74) is 0.950. The number of hydrogen-bond acceptors (Lipinski definition) is 4. The van der Waals surface area contributed by atoms with Gasteiger partial charge in [-0.1, -0.05) is 41.4 Å². The number of hydrogen-bond donors (Lipinski definition) is 1. The standard InChI is InChI=1S/C24H27Cl2FN2O3/c25-18-3-6-20(21(26)15-18)24(7-11-31-12-8-24)23(30)28-16-22(29-9-13-32-14-10-29)17-1-4-19(27)5-2-17/h1-6,15,22H,7-14,16H2,(H,28,30). The molecule has 5 nitrogen and oxygen atoms in total. The zero-order valence-electron chi connectivity index (χ0n) is 17.8. The largest absolute Gasteiger partial charge is 0.381 e. The molecule has 1 N–H and O–H groups in total. The van der Waals surface area contributed by atoms with Crippen LogP contribution in [0.1, 0.15) is 30.0 Å². The second-order valence-electron chi connectivity index (χ2n) is 8.24. The SMILES string of the molecule is O=C(NCC(c1ccc(F)cc1)N1CCOCC1)C1(c2ccc(Cl)cc2Cl)CCOCC1. The lowest BCUT2D eigenvalue weighted by Gasteiger charge is -2.39. The van der Waals surface area contributed by atoms with E-state index in [1.54, 1.807) is 24.3 Å². The third-order valence-corrected chi connectivity index (χ3v) is 6.97. The Balaban J connectivity index is 1.58. The number of carbonyl (C=O) groups is 1. The molecule has 0 spiro atoms. The van der Waals surface area contributed by atoms with Crippen molar-refractivity contribution in [3.8, 4) is 0 Å². The number of morpholine rings is 1. The summed E-state index contributed by atoms with van der Waals surface area (Å²) in [7, 11) is 0. The summed E-state index contributed by atoms with van der Waals surface area (Å²) >= 11 is 12.6. The minimum atomic E-state index is -0.779. The number of amides is 1. The van der Waals surface area contributed by atoms with Crippen LogP contribution in [0.3, 0.4) is 0 Å². The van der Waals surface area contributed by atoms with Gasteiger partial charge in [0, 0.05) is 42.9 Å². The van der Waals surface area contributed by atoms with E-state index in [0.717, 1.165) is 24.2 Å². The van der Waals surface area contributed by atoms with Gasteiger partial charge in [-0.3, -0.25) is 9.69 Å². The van der Waals surface area contributed by atoms with E-state index in [-0.39, 0.29) is 17.8 Å². The Labute approximate surface area is 197 Å². The topological polar surface area (TPSA) is 50.8 Å². The van der Waals surface area contributed by atoms with Crippen LogP contribution in [0.15, 0.2) is 42.5 Å². The molecule has 0 saturated carbocycles. The van der Waals surface area contributed by atoms with Crippen LogP contribution in [0.25, 0.3) is 0 Å². The van der Waals surface area contributed by atoms with E-state index in [9.17, 15) is 9.18 Å². The summed E-state index contributed by atoms with van der Waals surface area (Å²) in [4.78, 5) is 15.9. The van der Waals surface area contributed by atoms with Gasteiger partial charge in [0.2, 0.25) is 5.91 Å². The van der Waals surface area contributed by atoms with E-state index in [4.69, 9.17) is 32.7 Å². The van der Waals surface area contributed by atoms with Gasteiger partial charge in [0.15, 0.2) is 0 Å². The average Bonchev–Trinajstić information content (AvgIpc) is 2.81. The first-order chi connectivity index (χ1) is 15.5. The van der Waals surface area contributed by atoms with Crippen molar-refractivity contribution >= 4 is 29.1 Å². The molecule has 172 valence electrons. The summed E-state index contributed by atoms with van der Waals surface area (Å²) < 4.78 is 24.6. The highest BCUT2D eigenvalue weighted by Gasteiger charge is 2.43. The number of ether oxygens (including phenoxy) is 2. The van der Waals surface area contributed by atoms with Crippen LogP contribution in [-0.2, 0) is 19.7 Å². The maximum atomic E-state index is 13.7. The van der Waals surface area contributed by atoms with Gasteiger partial charge in [-0.05, 0) is 48.2 Å². The first-order valence-corrected chi connectivity index (χ1v) is 11.6. The lowest BCUT2D eigenvalue weighted by atomic mass is 9.73. The van der Waals surface area contributed by atoms with Crippen molar-refractivity contribution in [2.45, 2.75) is 24.3 Å². The highest BCUT2D eigenvalue weighted by Crippen LogP contribution is 2.40. The fourth-order valence-corrected chi connectivity index (χ4v) is 5.20. The monoisotopic (exact) mass is 480 g/mol. The Morgan fingerprint density at radius 1 is 1.03 bits per heavy atom. The van der Waals surface area contributed by atoms with Crippen molar-refractivity contribution < 1.29 is 18.7 Å². The maximum absolute atomic E-state index is 13.7. The number of rotatable bonds is 6. The molecule has 8 heteroatoms. The summed E-state index contributed by atoms with van der Waals surface area (Å²) in [6.45, 7) is 4.13. The van der Waals surface area contributed by atoms with Crippen molar-refractivity contribution in [2.75, 3.05) is 46.1 Å². The second kappa shape index (κ2) is 10.5. The number of carbonyl (C=O) groups excluding carboxylic acids is 1. The lowest BCUT2D eigenvalue weighted by Crippen LogP contribution is -2.51. The van der Waals surface area contributed by atoms with E-state index in [1.807, 2.05) is 6.07 Å². The van der Waals surface area contributed by atoms with Gasteiger partial charge < -0.3 is 14.8 Å². The van der Waals surface area contributed by atoms with Crippen LogP contribution >= 0.6 is 23.2 Å². The highest BCUT2D eigenvalue weighted by molar-refractivity contribution is 6.35. The predicted molar refractivity (Wildman–Crippen MR) is 123 cm³/mol. The predicted octanol–water partition coefficient (Wildman–Crippen LogP) is 4.37. The van der Waals surface area contributed by atoms with Crippen LogP contribution < -0.4 is 5.32 Å². The summed E-state index contributed by atoms with van der Waals surface area (Å²) in [5, 5.41) is 4.20. The molecule has 2 aliphatic rings. The van der Waals surface area contributed by atoms with Gasteiger partial charge in [-0.25, -0.2) is 4.39 Å². The molecule has 0 aliphatic carbocycles. The molecular weight excluding hydrogens is 454 g/mol. The third kappa shape index (κ3) is 5.10. The van der Waals surface area contributed by atoms with Crippen LogP contribution in [0.2, 0.25) is 10.0 Å². The van der Waals surface area contributed by atoms with Crippen LogP contribution in [0.4, 0.5) is 4.39 Å². The van der Waals surface area contributed by atoms with E-state index in [0.29, 0.717) is 55.9 Å². The van der Waals surface area contributed by atoms with Crippen molar-refractivity contribution in [3.63, 3.8) is 0 Å². The summed E-state index contributed by atoms with van der Waals surface area (Å²) in [6.07, 6.45) is 1.08. The Morgan fingerprint density at radius 3 is 2.34 bits per heavy atom. The van der Waals surface area contributed by atoms with Crippen molar-refractivity contribution in [3.05, 3.63) is 69.5 Å². The molecule has 4 rings (SSSR count). The molecule has 2 heterocycles. The third-order valence-electron chi connectivity index (χ3n) is 6.42. The van der Waals surface area contributed by atoms with Crippen LogP contribution in [0, 0.1) is 5.82 Å². The van der Waals surface area contributed by atoms with Gasteiger partial charge in [0.25, 0.3) is 0 Å². The van der Waals surface area contributed by atoms with Gasteiger partial charge >= 0.3 is 0 Å². The summed E-state index contributed by atoms with van der Waals surface area (Å²) in [5.74, 6) is -0.359. The van der Waals surface area contributed by atoms with E-state index < -0.39 is 5.41 Å².